The number of hydrogen-bond acceptors (Lipinski definition) is 2. The summed E-state index contributed by atoms with van der Waals surface area (Å²) in [6, 6.07) is 7.97. The average Bonchev–Trinajstić information content (AvgIpc) is 2.89. The molecule has 1 fully saturated rings. The van der Waals surface area contributed by atoms with E-state index in [1.165, 1.54) is 0 Å². The summed E-state index contributed by atoms with van der Waals surface area (Å²) in [6.45, 7) is 2.46. The Morgan fingerprint density at radius 3 is 2.63 bits per heavy atom. The smallest absolute Gasteiger partial charge is 0.227 e. The third-order valence-electron chi connectivity index (χ3n) is 4.15. The number of hydrogen-bond donors (Lipinski definition) is 2. The number of benzene rings is 1. The Morgan fingerprint density at radius 1 is 1.42 bits per heavy atom. The van der Waals surface area contributed by atoms with Crippen molar-refractivity contribution in [2.24, 2.45) is 11.1 Å². The summed E-state index contributed by atoms with van der Waals surface area (Å²) in [7, 11) is 0. The van der Waals surface area contributed by atoms with Gasteiger partial charge in [0.15, 0.2) is 0 Å². The van der Waals surface area contributed by atoms with Gasteiger partial charge in [-0.3, -0.25) is 4.79 Å². The minimum absolute atomic E-state index is 0.00731. The highest BCUT2D eigenvalue weighted by Crippen LogP contribution is 2.38. The highest BCUT2D eigenvalue weighted by molar-refractivity contribution is 9.10. The van der Waals surface area contributed by atoms with Gasteiger partial charge in [0.05, 0.1) is 11.5 Å². The van der Waals surface area contributed by atoms with E-state index in [1.807, 2.05) is 31.2 Å². The number of rotatable bonds is 4. The van der Waals surface area contributed by atoms with Crippen molar-refractivity contribution >= 4 is 21.8 Å². The van der Waals surface area contributed by atoms with E-state index in [2.05, 4.69) is 21.2 Å². The topological polar surface area (TPSA) is 55.1 Å². The SMILES string of the molecule is C[C@H](NC(=O)C1(CN)CCCC1)c1ccccc1Br. The summed E-state index contributed by atoms with van der Waals surface area (Å²) in [5.74, 6) is 0.107. The van der Waals surface area contributed by atoms with Gasteiger partial charge in [-0.1, -0.05) is 47.0 Å². The maximum atomic E-state index is 12.5. The Kier molecular flexibility index (Phi) is 4.63. The molecule has 0 aliphatic heterocycles. The van der Waals surface area contributed by atoms with Crippen molar-refractivity contribution in [3.63, 3.8) is 0 Å². The number of amides is 1. The quantitative estimate of drug-likeness (QED) is 0.893. The van der Waals surface area contributed by atoms with Crippen LogP contribution in [0.1, 0.15) is 44.2 Å². The summed E-state index contributed by atoms with van der Waals surface area (Å²) in [4.78, 5) is 12.5. The van der Waals surface area contributed by atoms with Crippen molar-refractivity contribution in [2.45, 2.75) is 38.6 Å². The van der Waals surface area contributed by atoms with E-state index in [-0.39, 0.29) is 17.4 Å². The lowest BCUT2D eigenvalue weighted by Gasteiger charge is -2.28. The lowest BCUT2D eigenvalue weighted by Crippen LogP contribution is -2.45. The Labute approximate surface area is 123 Å². The minimum atomic E-state index is -0.338. The zero-order chi connectivity index (χ0) is 13.9. The Morgan fingerprint density at radius 2 is 2.05 bits per heavy atom. The number of carbonyl (C=O) groups is 1. The fourth-order valence-corrected chi connectivity index (χ4v) is 3.46. The molecule has 0 heterocycles. The fraction of sp³-hybridized carbons (Fsp3) is 0.533. The van der Waals surface area contributed by atoms with Crippen LogP contribution in [0.3, 0.4) is 0 Å². The summed E-state index contributed by atoms with van der Waals surface area (Å²) >= 11 is 3.52. The molecule has 0 unspecified atom stereocenters. The third kappa shape index (κ3) is 3.00. The number of nitrogens with one attached hydrogen (secondary N) is 1. The van der Waals surface area contributed by atoms with Crippen LogP contribution in [0.5, 0.6) is 0 Å². The average molecular weight is 325 g/mol. The van der Waals surface area contributed by atoms with Crippen molar-refractivity contribution in [3.8, 4) is 0 Å². The van der Waals surface area contributed by atoms with Crippen LogP contribution in [-0.2, 0) is 4.79 Å². The predicted octanol–water partition coefficient (Wildman–Crippen LogP) is 3.15. The van der Waals surface area contributed by atoms with Crippen LogP contribution < -0.4 is 11.1 Å². The van der Waals surface area contributed by atoms with Gasteiger partial charge >= 0.3 is 0 Å². The molecule has 1 saturated carbocycles. The third-order valence-corrected chi connectivity index (χ3v) is 4.87. The normalized spacial score (nSPS) is 19.1. The Hall–Kier alpha value is -0.870. The first-order chi connectivity index (χ1) is 9.09. The first-order valence-corrected chi connectivity index (χ1v) is 7.64. The highest BCUT2D eigenvalue weighted by atomic mass is 79.9. The molecule has 0 spiro atoms. The zero-order valence-corrected chi connectivity index (χ0v) is 12.9. The van der Waals surface area contributed by atoms with Crippen molar-refractivity contribution in [1.82, 2.24) is 5.32 Å². The van der Waals surface area contributed by atoms with Crippen molar-refractivity contribution in [3.05, 3.63) is 34.3 Å². The molecule has 19 heavy (non-hydrogen) atoms. The first-order valence-electron chi connectivity index (χ1n) is 6.84. The van der Waals surface area contributed by atoms with Crippen LogP contribution in [-0.4, -0.2) is 12.5 Å². The minimum Gasteiger partial charge on any atom is -0.349 e. The molecule has 1 atom stereocenters. The molecule has 4 heteroatoms. The second kappa shape index (κ2) is 6.06. The summed E-state index contributed by atoms with van der Waals surface area (Å²) in [5.41, 5.74) is 6.60. The van der Waals surface area contributed by atoms with E-state index in [0.29, 0.717) is 6.54 Å². The lowest BCUT2D eigenvalue weighted by molar-refractivity contribution is -0.131. The molecular weight excluding hydrogens is 304 g/mol. The summed E-state index contributed by atoms with van der Waals surface area (Å²) in [5, 5.41) is 3.12. The maximum absolute atomic E-state index is 12.5. The molecule has 3 N–H and O–H groups in total. The zero-order valence-electron chi connectivity index (χ0n) is 11.3. The van der Waals surface area contributed by atoms with Gasteiger partial charge in [-0.15, -0.1) is 0 Å². The largest absolute Gasteiger partial charge is 0.349 e. The van der Waals surface area contributed by atoms with E-state index >= 15 is 0 Å². The monoisotopic (exact) mass is 324 g/mol. The molecule has 1 aromatic rings. The standard InChI is InChI=1S/C15H21BrN2O/c1-11(12-6-2-3-7-13(12)16)18-14(19)15(10-17)8-4-5-9-15/h2-3,6-7,11H,4-5,8-10,17H2,1H3,(H,18,19)/t11-/m0/s1. The van der Waals surface area contributed by atoms with Gasteiger partial charge in [-0.2, -0.15) is 0 Å². The van der Waals surface area contributed by atoms with Crippen molar-refractivity contribution in [1.29, 1.82) is 0 Å². The molecular formula is C15H21BrN2O. The van der Waals surface area contributed by atoms with Gasteiger partial charge in [0.2, 0.25) is 5.91 Å². The summed E-state index contributed by atoms with van der Waals surface area (Å²) in [6.07, 6.45) is 4.04. The molecule has 1 aliphatic carbocycles. The lowest BCUT2D eigenvalue weighted by atomic mass is 9.85. The molecule has 2 rings (SSSR count). The summed E-state index contributed by atoms with van der Waals surface area (Å²) < 4.78 is 1.02. The highest BCUT2D eigenvalue weighted by Gasteiger charge is 2.40. The maximum Gasteiger partial charge on any atom is 0.227 e. The second-order valence-electron chi connectivity index (χ2n) is 5.41. The first kappa shape index (κ1) is 14.5. The molecule has 3 nitrogen and oxygen atoms in total. The van der Waals surface area contributed by atoms with Gasteiger partial charge in [-0.25, -0.2) is 0 Å². The van der Waals surface area contributed by atoms with E-state index in [0.717, 1.165) is 35.7 Å². The van der Waals surface area contributed by atoms with Crippen LogP contribution in [0.25, 0.3) is 0 Å². The molecule has 104 valence electrons. The number of halogens is 1. The second-order valence-corrected chi connectivity index (χ2v) is 6.26. The fourth-order valence-electron chi connectivity index (χ4n) is 2.83. The Bertz CT molecular complexity index is 455. The molecule has 1 aliphatic rings. The van der Waals surface area contributed by atoms with Gasteiger partial charge in [0.1, 0.15) is 0 Å². The van der Waals surface area contributed by atoms with Crippen molar-refractivity contribution < 1.29 is 4.79 Å². The van der Waals surface area contributed by atoms with Gasteiger partial charge < -0.3 is 11.1 Å². The van der Waals surface area contributed by atoms with E-state index < -0.39 is 0 Å². The van der Waals surface area contributed by atoms with Gasteiger partial charge in [-0.05, 0) is 31.4 Å². The van der Waals surface area contributed by atoms with E-state index in [9.17, 15) is 4.79 Å². The van der Waals surface area contributed by atoms with Crippen LogP contribution in [0.15, 0.2) is 28.7 Å². The molecule has 1 amide bonds. The van der Waals surface area contributed by atoms with Crippen molar-refractivity contribution in [2.75, 3.05) is 6.54 Å². The van der Waals surface area contributed by atoms with Gasteiger partial charge in [0, 0.05) is 11.0 Å². The number of nitrogens with two attached hydrogens (primary N) is 1. The van der Waals surface area contributed by atoms with Crippen LogP contribution in [0, 0.1) is 5.41 Å². The molecule has 0 aromatic heterocycles. The molecule has 0 saturated heterocycles. The van der Waals surface area contributed by atoms with Crippen LogP contribution in [0.4, 0.5) is 0 Å². The molecule has 1 aromatic carbocycles. The predicted molar refractivity (Wildman–Crippen MR) is 80.7 cm³/mol. The molecule has 0 bridgehead atoms. The number of carbonyl (C=O) groups excluding carboxylic acids is 1. The Balaban J connectivity index is 2.08. The van der Waals surface area contributed by atoms with E-state index in [1.54, 1.807) is 0 Å². The van der Waals surface area contributed by atoms with Crippen LogP contribution in [0.2, 0.25) is 0 Å². The van der Waals surface area contributed by atoms with Gasteiger partial charge in [0.25, 0.3) is 0 Å². The van der Waals surface area contributed by atoms with E-state index in [4.69, 9.17) is 5.73 Å². The van der Waals surface area contributed by atoms with Crippen LogP contribution >= 0.6 is 15.9 Å². The molecule has 0 radical (unpaired) electrons.